The molecule has 4 aliphatic heterocycles. The van der Waals surface area contributed by atoms with Crippen molar-refractivity contribution in [1.29, 1.82) is 0 Å². The van der Waals surface area contributed by atoms with Crippen LogP contribution in [0.3, 0.4) is 0 Å². The van der Waals surface area contributed by atoms with Crippen LogP contribution in [0.2, 0.25) is 0 Å². The van der Waals surface area contributed by atoms with Crippen LogP contribution in [0.25, 0.3) is 27.7 Å². The van der Waals surface area contributed by atoms with Gasteiger partial charge in [0.15, 0.2) is 0 Å². The number of allylic oxidation sites excluding steroid dienone is 1. The lowest BCUT2D eigenvalue weighted by Crippen LogP contribution is -2.51. The largest absolute Gasteiger partial charge is 0.461 e. The fourth-order valence-electron chi connectivity index (χ4n) is 7.85. The molecule has 2 atom stereocenters. The molecule has 2 aromatic heterocycles. The lowest BCUT2D eigenvalue weighted by Gasteiger charge is -2.35. The Bertz CT molecular complexity index is 1500. The maximum atomic E-state index is 15.3. The minimum absolute atomic E-state index is 0.0917. The number of rotatable bonds is 8. The van der Waals surface area contributed by atoms with Gasteiger partial charge in [0, 0.05) is 56.1 Å². The summed E-state index contributed by atoms with van der Waals surface area (Å²) in [6.45, 7) is 13.7. The number of fused-ring (bicyclic) bond motifs is 4. The predicted molar refractivity (Wildman–Crippen MR) is 167 cm³/mol. The molecule has 4 fully saturated rings. The van der Waals surface area contributed by atoms with Crippen LogP contribution >= 0.6 is 0 Å². The third-order valence-corrected chi connectivity index (χ3v) is 10.0. The van der Waals surface area contributed by atoms with E-state index in [1.807, 2.05) is 38.1 Å². The van der Waals surface area contributed by atoms with E-state index in [-0.39, 0.29) is 11.4 Å². The Hall–Kier alpha value is -3.30. The number of hydrogen-bond donors (Lipinski definition) is 1. The van der Waals surface area contributed by atoms with Gasteiger partial charge in [-0.05, 0) is 77.1 Å². The number of para-hydroxylation sites is 1. The van der Waals surface area contributed by atoms with E-state index in [0.717, 1.165) is 72.4 Å². The van der Waals surface area contributed by atoms with Gasteiger partial charge in [0.1, 0.15) is 18.2 Å². The standard InChI is InChI=1S/C33H42FN7O/c1-5-39(4)30-24(9-6-10-26(30)34)28-27(21(2)3)29-25(17-35-28)31(40-18-22-11-12-23(19-40)36-22)38-32(37-29)42-20-33-13-7-15-41(33)16-8-14-33/h6,9-10,17,22-23,36H,2,5,7-8,11-16,18-20H2,1,3-4H3. The van der Waals surface area contributed by atoms with Gasteiger partial charge in [-0.1, -0.05) is 18.7 Å². The highest BCUT2D eigenvalue weighted by Gasteiger charge is 2.45. The summed E-state index contributed by atoms with van der Waals surface area (Å²) in [6.07, 6.45) is 8.98. The number of ether oxygens (including phenoxy) is 1. The summed E-state index contributed by atoms with van der Waals surface area (Å²) in [5.74, 6) is 0.597. The van der Waals surface area contributed by atoms with E-state index in [0.29, 0.717) is 42.6 Å². The smallest absolute Gasteiger partial charge is 0.319 e. The average Bonchev–Trinajstić information content (AvgIpc) is 3.67. The Morgan fingerprint density at radius 1 is 1.17 bits per heavy atom. The molecule has 6 heterocycles. The van der Waals surface area contributed by atoms with E-state index in [1.165, 1.54) is 31.7 Å². The number of piperazine rings is 1. The minimum atomic E-state index is -0.271. The monoisotopic (exact) mass is 571 g/mol. The molecule has 8 nitrogen and oxygen atoms in total. The highest BCUT2D eigenvalue weighted by atomic mass is 19.1. The third-order valence-electron chi connectivity index (χ3n) is 10.0. The molecule has 1 aromatic carbocycles. The van der Waals surface area contributed by atoms with Gasteiger partial charge in [0.25, 0.3) is 0 Å². The fraction of sp³-hybridized carbons (Fsp3) is 0.545. The molecule has 0 radical (unpaired) electrons. The van der Waals surface area contributed by atoms with Crippen LogP contribution in [0.15, 0.2) is 31.0 Å². The van der Waals surface area contributed by atoms with Crippen LogP contribution < -0.4 is 19.9 Å². The summed E-state index contributed by atoms with van der Waals surface area (Å²) in [7, 11) is 1.91. The van der Waals surface area contributed by atoms with E-state index in [2.05, 4.69) is 21.7 Å². The lowest BCUT2D eigenvalue weighted by molar-refractivity contribution is 0.108. The number of nitrogens with zero attached hydrogens (tertiary/aromatic N) is 6. The molecular weight excluding hydrogens is 529 g/mol. The predicted octanol–water partition coefficient (Wildman–Crippen LogP) is 5.27. The second-order valence-electron chi connectivity index (χ2n) is 12.8. The topological polar surface area (TPSA) is 69.7 Å². The van der Waals surface area contributed by atoms with Crippen molar-refractivity contribution in [2.45, 2.75) is 70.0 Å². The first-order chi connectivity index (χ1) is 20.4. The first kappa shape index (κ1) is 27.5. The third kappa shape index (κ3) is 4.61. The average molecular weight is 572 g/mol. The van der Waals surface area contributed by atoms with Crippen LogP contribution in [-0.2, 0) is 0 Å². The zero-order valence-corrected chi connectivity index (χ0v) is 25.1. The number of benzene rings is 1. The van der Waals surface area contributed by atoms with Gasteiger partial charge in [0.05, 0.1) is 27.8 Å². The maximum Gasteiger partial charge on any atom is 0.319 e. The second kappa shape index (κ2) is 10.8. The Morgan fingerprint density at radius 3 is 2.60 bits per heavy atom. The Morgan fingerprint density at radius 2 is 1.90 bits per heavy atom. The molecule has 9 heteroatoms. The van der Waals surface area contributed by atoms with E-state index in [4.69, 9.17) is 19.7 Å². The number of halogens is 1. The van der Waals surface area contributed by atoms with Crippen molar-refractivity contribution in [2.75, 3.05) is 56.2 Å². The zero-order valence-electron chi connectivity index (χ0n) is 25.1. The molecule has 7 rings (SSSR count). The van der Waals surface area contributed by atoms with Crippen LogP contribution in [0.1, 0.15) is 57.9 Å². The van der Waals surface area contributed by atoms with Crippen molar-refractivity contribution in [3.63, 3.8) is 0 Å². The van der Waals surface area contributed by atoms with E-state index in [9.17, 15) is 0 Å². The van der Waals surface area contributed by atoms with Crippen LogP contribution in [0.5, 0.6) is 6.01 Å². The molecule has 222 valence electrons. The van der Waals surface area contributed by atoms with E-state index < -0.39 is 0 Å². The van der Waals surface area contributed by atoms with Gasteiger partial charge in [-0.2, -0.15) is 9.97 Å². The van der Waals surface area contributed by atoms with Crippen molar-refractivity contribution in [3.05, 3.63) is 42.4 Å². The lowest BCUT2D eigenvalue weighted by atomic mass is 9.95. The molecule has 42 heavy (non-hydrogen) atoms. The van der Waals surface area contributed by atoms with Gasteiger partial charge in [0.2, 0.25) is 0 Å². The highest BCUT2D eigenvalue weighted by Crippen LogP contribution is 2.42. The quantitative estimate of drug-likeness (QED) is 0.392. The van der Waals surface area contributed by atoms with Crippen LogP contribution in [0, 0.1) is 5.82 Å². The molecular formula is C33H42FN7O. The molecule has 3 aromatic rings. The van der Waals surface area contributed by atoms with Gasteiger partial charge in [-0.15, -0.1) is 0 Å². The van der Waals surface area contributed by atoms with Crippen molar-refractivity contribution < 1.29 is 9.13 Å². The van der Waals surface area contributed by atoms with Crippen molar-refractivity contribution in [1.82, 2.24) is 25.2 Å². The molecule has 2 bridgehead atoms. The molecule has 0 aliphatic carbocycles. The number of nitrogens with one attached hydrogen (secondary N) is 1. The minimum Gasteiger partial charge on any atom is -0.461 e. The molecule has 1 N–H and O–H groups in total. The molecule has 0 saturated carbocycles. The Kier molecular flexibility index (Phi) is 7.05. The van der Waals surface area contributed by atoms with Gasteiger partial charge >= 0.3 is 6.01 Å². The number of anilines is 2. The van der Waals surface area contributed by atoms with Crippen molar-refractivity contribution >= 4 is 28.0 Å². The summed E-state index contributed by atoms with van der Waals surface area (Å²) in [5.41, 5.74) is 4.43. The second-order valence-corrected chi connectivity index (χ2v) is 12.8. The first-order valence-corrected chi connectivity index (χ1v) is 15.6. The molecule has 2 unspecified atom stereocenters. The summed E-state index contributed by atoms with van der Waals surface area (Å²) < 4.78 is 21.8. The molecule has 0 spiro atoms. The normalized spacial score (nSPS) is 23.0. The number of hydrogen-bond acceptors (Lipinski definition) is 8. The summed E-state index contributed by atoms with van der Waals surface area (Å²) >= 11 is 0. The van der Waals surface area contributed by atoms with Gasteiger partial charge in [-0.25, -0.2) is 4.39 Å². The van der Waals surface area contributed by atoms with Crippen molar-refractivity contribution in [3.8, 4) is 17.3 Å². The summed E-state index contributed by atoms with van der Waals surface area (Å²) in [4.78, 5) is 22.0. The fourth-order valence-corrected chi connectivity index (χ4v) is 7.85. The number of aromatic nitrogens is 3. The number of pyridine rings is 1. The Balaban J connectivity index is 1.38. The van der Waals surface area contributed by atoms with Crippen LogP contribution in [-0.4, -0.2) is 83.9 Å². The van der Waals surface area contributed by atoms with E-state index in [1.54, 1.807) is 6.07 Å². The SMILES string of the molecule is C=C(C)c1c(-c2cccc(F)c2N(C)CC)ncc2c(N3CC4CCC(C3)N4)nc(OCC34CCCN3CCC4)nc12. The first-order valence-electron chi connectivity index (χ1n) is 15.6. The van der Waals surface area contributed by atoms with Crippen molar-refractivity contribution in [2.24, 2.45) is 0 Å². The zero-order chi connectivity index (χ0) is 29.0. The molecule has 0 amide bonds. The molecule has 4 aliphatic rings. The highest BCUT2D eigenvalue weighted by molar-refractivity contribution is 6.01. The summed E-state index contributed by atoms with van der Waals surface area (Å²) in [5, 5.41) is 4.62. The van der Waals surface area contributed by atoms with Gasteiger partial charge < -0.3 is 19.9 Å². The Labute approximate surface area is 248 Å². The molecule has 4 saturated heterocycles. The van der Waals surface area contributed by atoms with Crippen LogP contribution in [0.4, 0.5) is 15.9 Å². The van der Waals surface area contributed by atoms with E-state index >= 15 is 4.39 Å². The van der Waals surface area contributed by atoms with Gasteiger partial charge in [-0.3, -0.25) is 9.88 Å². The maximum absolute atomic E-state index is 15.3. The summed E-state index contributed by atoms with van der Waals surface area (Å²) in [6, 6.07) is 6.50.